The number of fused-ring (bicyclic) bond motifs is 1. The molecule has 0 atom stereocenters. The minimum atomic E-state index is -1.02. The molecule has 2 heteroatoms. The Morgan fingerprint density at radius 3 is 2.00 bits per heavy atom. The van der Waals surface area contributed by atoms with E-state index in [-0.39, 0.29) is 0 Å². The first-order valence-corrected chi connectivity index (χ1v) is 8.90. The molecule has 0 aliphatic carbocycles. The van der Waals surface area contributed by atoms with E-state index >= 15 is 0 Å². The van der Waals surface area contributed by atoms with Crippen molar-refractivity contribution in [1.82, 2.24) is 0 Å². The van der Waals surface area contributed by atoms with Crippen molar-refractivity contribution in [2.75, 3.05) is 19.0 Å². The highest BCUT2D eigenvalue weighted by Crippen LogP contribution is 2.22. The largest absolute Gasteiger partial charge is 0.378 e. The third kappa shape index (κ3) is 4.70. The van der Waals surface area contributed by atoms with Crippen LogP contribution in [0.4, 0.5) is 5.69 Å². The second-order valence-corrected chi connectivity index (χ2v) is 7.21. The Kier molecular flexibility index (Phi) is 5.22. The summed E-state index contributed by atoms with van der Waals surface area (Å²) < 4.78 is 0. The van der Waals surface area contributed by atoms with Gasteiger partial charge in [-0.1, -0.05) is 54.0 Å². The van der Waals surface area contributed by atoms with Crippen LogP contribution < -0.4 is 4.90 Å². The molecule has 3 rings (SSSR count). The number of nitrogens with zero attached hydrogens (tertiary/aromatic N) is 1. The zero-order valence-corrected chi connectivity index (χ0v) is 16.2. The van der Waals surface area contributed by atoms with Crippen LogP contribution in [0.25, 0.3) is 10.8 Å². The quantitative estimate of drug-likeness (QED) is 0.654. The molecule has 3 aromatic carbocycles. The minimum Gasteiger partial charge on any atom is -0.378 e. The summed E-state index contributed by atoms with van der Waals surface area (Å²) in [5.74, 6) is 12.6. The van der Waals surface area contributed by atoms with E-state index in [1.54, 1.807) is 13.8 Å². The van der Waals surface area contributed by atoms with Gasteiger partial charge in [0.2, 0.25) is 0 Å². The SMILES string of the molecule is CN(C)c1cccc(C#Cc2ccc(C#CC(C)(C)O)c3ccccc23)c1. The van der Waals surface area contributed by atoms with Crippen molar-refractivity contribution < 1.29 is 5.11 Å². The second kappa shape index (κ2) is 7.58. The molecule has 2 nitrogen and oxygen atoms in total. The van der Waals surface area contributed by atoms with Gasteiger partial charge < -0.3 is 10.0 Å². The van der Waals surface area contributed by atoms with E-state index in [0.29, 0.717) is 0 Å². The molecule has 0 heterocycles. The number of rotatable bonds is 1. The molecular formula is C25H23NO. The summed E-state index contributed by atoms with van der Waals surface area (Å²) in [6.45, 7) is 3.37. The van der Waals surface area contributed by atoms with Crippen molar-refractivity contribution in [2.24, 2.45) is 0 Å². The first-order valence-electron chi connectivity index (χ1n) is 8.90. The normalized spacial score (nSPS) is 10.6. The van der Waals surface area contributed by atoms with Gasteiger partial charge in [-0.15, -0.1) is 0 Å². The van der Waals surface area contributed by atoms with Gasteiger partial charge in [0.05, 0.1) is 0 Å². The molecular weight excluding hydrogens is 330 g/mol. The van der Waals surface area contributed by atoms with E-state index in [1.807, 2.05) is 56.6 Å². The van der Waals surface area contributed by atoms with Crippen LogP contribution in [-0.4, -0.2) is 24.8 Å². The highest BCUT2D eigenvalue weighted by atomic mass is 16.3. The molecule has 1 N–H and O–H groups in total. The molecule has 3 aromatic rings. The number of anilines is 1. The van der Waals surface area contributed by atoms with Gasteiger partial charge in [0, 0.05) is 36.5 Å². The fraction of sp³-hybridized carbons (Fsp3) is 0.200. The summed E-state index contributed by atoms with van der Waals surface area (Å²) in [7, 11) is 4.04. The van der Waals surface area contributed by atoms with Crippen molar-refractivity contribution in [3.8, 4) is 23.7 Å². The molecule has 0 aliphatic rings. The number of hydrogen-bond acceptors (Lipinski definition) is 2. The Morgan fingerprint density at radius 2 is 1.41 bits per heavy atom. The highest BCUT2D eigenvalue weighted by molar-refractivity contribution is 5.93. The molecule has 0 bridgehead atoms. The zero-order chi connectivity index (χ0) is 19.4. The van der Waals surface area contributed by atoms with Crippen LogP contribution in [0.15, 0.2) is 60.7 Å². The first kappa shape index (κ1) is 18.6. The first-order chi connectivity index (χ1) is 12.8. The van der Waals surface area contributed by atoms with Gasteiger partial charge in [-0.2, -0.15) is 0 Å². The van der Waals surface area contributed by atoms with Crippen LogP contribution in [0.1, 0.15) is 30.5 Å². The molecule has 0 fully saturated rings. The molecule has 0 unspecified atom stereocenters. The van der Waals surface area contributed by atoms with Gasteiger partial charge >= 0.3 is 0 Å². The molecule has 0 aliphatic heterocycles. The Bertz CT molecular complexity index is 1100. The van der Waals surface area contributed by atoms with Crippen LogP contribution >= 0.6 is 0 Å². The van der Waals surface area contributed by atoms with Crippen molar-refractivity contribution >= 4 is 16.5 Å². The van der Waals surface area contributed by atoms with E-state index in [1.165, 1.54) is 0 Å². The Hall–Kier alpha value is -3.20. The van der Waals surface area contributed by atoms with E-state index in [0.717, 1.165) is 33.2 Å². The van der Waals surface area contributed by atoms with E-state index in [9.17, 15) is 5.11 Å². The van der Waals surface area contributed by atoms with Gasteiger partial charge in [0.25, 0.3) is 0 Å². The van der Waals surface area contributed by atoms with Crippen molar-refractivity contribution in [2.45, 2.75) is 19.4 Å². The van der Waals surface area contributed by atoms with Crippen LogP contribution in [0.2, 0.25) is 0 Å². The fourth-order valence-electron chi connectivity index (χ4n) is 2.74. The third-order valence-corrected chi connectivity index (χ3v) is 4.13. The molecule has 0 radical (unpaired) electrons. The summed E-state index contributed by atoms with van der Waals surface area (Å²) in [4.78, 5) is 2.07. The Morgan fingerprint density at radius 1 is 0.778 bits per heavy atom. The molecule has 134 valence electrons. The number of benzene rings is 3. The molecule has 0 aromatic heterocycles. The lowest BCUT2D eigenvalue weighted by Crippen LogP contribution is -2.14. The van der Waals surface area contributed by atoms with E-state index in [2.05, 4.69) is 46.8 Å². The predicted molar refractivity (Wildman–Crippen MR) is 114 cm³/mol. The third-order valence-electron chi connectivity index (χ3n) is 4.13. The van der Waals surface area contributed by atoms with E-state index < -0.39 is 5.60 Å². The Labute approximate surface area is 161 Å². The maximum absolute atomic E-state index is 9.88. The van der Waals surface area contributed by atoms with Crippen LogP contribution in [0, 0.1) is 23.7 Å². The number of hydrogen-bond donors (Lipinski definition) is 1. The average molecular weight is 353 g/mol. The Balaban J connectivity index is 2.05. The lowest BCUT2D eigenvalue weighted by atomic mass is 9.99. The number of aliphatic hydroxyl groups is 1. The van der Waals surface area contributed by atoms with Gasteiger partial charge in [-0.05, 0) is 55.0 Å². The summed E-state index contributed by atoms with van der Waals surface area (Å²) in [5, 5.41) is 12.0. The van der Waals surface area contributed by atoms with Gasteiger partial charge in [-0.25, -0.2) is 0 Å². The maximum atomic E-state index is 9.88. The molecule has 0 spiro atoms. The lowest BCUT2D eigenvalue weighted by Gasteiger charge is -2.11. The molecule has 0 saturated carbocycles. The monoisotopic (exact) mass is 353 g/mol. The average Bonchev–Trinajstić information content (AvgIpc) is 2.64. The van der Waals surface area contributed by atoms with Crippen molar-refractivity contribution in [1.29, 1.82) is 0 Å². The summed E-state index contributed by atoms with van der Waals surface area (Å²) in [6.07, 6.45) is 0. The highest BCUT2D eigenvalue weighted by Gasteiger charge is 2.07. The van der Waals surface area contributed by atoms with Crippen LogP contribution in [0.5, 0.6) is 0 Å². The summed E-state index contributed by atoms with van der Waals surface area (Å²) in [6, 6.07) is 20.3. The van der Waals surface area contributed by atoms with Crippen LogP contribution in [0.3, 0.4) is 0 Å². The van der Waals surface area contributed by atoms with Gasteiger partial charge in [0.1, 0.15) is 5.60 Å². The fourth-order valence-corrected chi connectivity index (χ4v) is 2.74. The summed E-state index contributed by atoms with van der Waals surface area (Å²) >= 11 is 0. The summed E-state index contributed by atoms with van der Waals surface area (Å²) in [5.41, 5.74) is 2.96. The minimum absolute atomic E-state index is 0.896. The van der Waals surface area contributed by atoms with Gasteiger partial charge in [-0.3, -0.25) is 0 Å². The predicted octanol–water partition coefficient (Wildman–Crippen LogP) is 4.43. The topological polar surface area (TPSA) is 23.5 Å². The maximum Gasteiger partial charge on any atom is 0.120 e. The zero-order valence-electron chi connectivity index (χ0n) is 16.2. The molecule has 27 heavy (non-hydrogen) atoms. The lowest BCUT2D eigenvalue weighted by molar-refractivity contribution is 0.143. The van der Waals surface area contributed by atoms with E-state index in [4.69, 9.17) is 0 Å². The smallest absolute Gasteiger partial charge is 0.120 e. The van der Waals surface area contributed by atoms with Crippen LogP contribution in [-0.2, 0) is 0 Å². The standard InChI is InChI=1S/C25H23NO/c1-25(2,27)17-16-21-15-14-20(23-10-5-6-11-24(21)23)13-12-19-8-7-9-22(18-19)26(3)4/h5-11,14-15,18,27H,1-4H3. The van der Waals surface area contributed by atoms with Crippen molar-refractivity contribution in [3.63, 3.8) is 0 Å². The second-order valence-electron chi connectivity index (χ2n) is 7.21. The van der Waals surface area contributed by atoms with Crippen molar-refractivity contribution in [3.05, 3.63) is 77.4 Å². The molecule has 0 amide bonds. The molecule has 0 saturated heterocycles. The van der Waals surface area contributed by atoms with Gasteiger partial charge in [0.15, 0.2) is 0 Å².